The number of rotatable bonds is 5. The van der Waals surface area contributed by atoms with Gasteiger partial charge in [-0.15, -0.1) is 6.58 Å². The average Bonchev–Trinajstić information content (AvgIpc) is 2.27. The Bertz CT molecular complexity index is 440. The summed E-state index contributed by atoms with van der Waals surface area (Å²) in [5, 5.41) is 8.77. The Kier molecular flexibility index (Phi) is 4.91. The molecule has 0 saturated carbocycles. The molecule has 1 aromatic rings. The van der Waals surface area contributed by atoms with E-state index in [2.05, 4.69) is 6.58 Å². The van der Waals surface area contributed by atoms with Crippen LogP contribution in [-0.4, -0.2) is 35.6 Å². The maximum absolute atomic E-state index is 13.4. The second kappa shape index (κ2) is 6.20. The molecule has 0 radical (unpaired) electrons. The summed E-state index contributed by atoms with van der Waals surface area (Å²) in [6.07, 6.45) is 1.35. The molecule has 1 N–H and O–H groups in total. The quantitative estimate of drug-likeness (QED) is 0.818. The van der Waals surface area contributed by atoms with E-state index in [0.717, 1.165) is 4.90 Å². The van der Waals surface area contributed by atoms with Gasteiger partial charge in [-0.1, -0.05) is 6.08 Å². The Hall–Kier alpha value is -1.82. The van der Waals surface area contributed by atoms with Crippen molar-refractivity contribution < 1.29 is 23.1 Å². The number of halogens is 3. The van der Waals surface area contributed by atoms with Crippen LogP contribution in [0.2, 0.25) is 0 Å². The molecule has 1 aromatic carbocycles. The summed E-state index contributed by atoms with van der Waals surface area (Å²) in [5.74, 6) is -4.60. The number of aliphatic hydroxyl groups excluding tert-OH is 1. The van der Waals surface area contributed by atoms with Crippen LogP contribution in [0, 0.1) is 17.5 Å². The molecular weight excluding hydrogens is 247 g/mol. The van der Waals surface area contributed by atoms with Crippen molar-refractivity contribution >= 4 is 5.91 Å². The Labute approximate surface area is 102 Å². The number of amides is 1. The molecule has 0 spiro atoms. The molecule has 0 unspecified atom stereocenters. The van der Waals surface area contributed by atoms with Crippen LogP contribution in [-0.2, 0) is 0 Å². The number of hydrogen-bond donors (Lipinski definition) is 1. The predicted octanol–water partition coefficient (Wildman–Crippen LogP) is 1.72. The van der Waals surface area contributed by atoms with Crippen molar-refractivity contribution in [3.05, 3.63) is 47.8 Å². The zero-order chi connectivity index (χ0) is 13.7. The molecule has 0 aliphatic carbocycles. The van der Waals surface area contributed by atoms with Crippen LogP contribution < -0.4 is 0 Å². The summed E-state index contributed by atoms with van der Waals surface area (Å²) >= 11 is 0. The summed E-state index contributed by atoms with van der Waals surface area (Å²) in [5.41, 5.74) is -0.841. The fourth-order valence-corrected chi connectivity index (χ4v) is 1.46. The van der Waals surface area contributed by atoms with E-state index in [0.29, 0.717) is 12.1 Å². The van der Waals surface area contributed by atoms with Crippen molar-refractivity contribution in [3.63, 3.8) is 0 Å². The van der Waals surface area contributed by atoms with Crippen LogP contribution in [0.3, 0.4) is 0 Å². The van der Waals surface area contributed by atoms with Crippen LogP contribution in [0.1, 0.15) is 10.4 Å². The summed E-state index contributed by atoms with van der Waals surface area (Å²) in [7, 11) is 0. The Morgan fingerprint density at radius 2 is 1.89 bits per heavy atom. The maximum atomic E-state index is 13.4. The monoisotopic (exact) mass is 259 g/mol. The normalized spacial score (nSPS) is 10.2. The number of benzene rings is 1. The third-order valence-electron chi connectivity index (χ3n) is 2.23. The van der Waals surface area contributed by atoms with Crippen LogP contribution in [0.15, 0.2) is 24.8 Å². The molecular formula is C12H12F3NO2. The van der Waals surface area contributed by atoms with E-state index in [1.165, 1.54) is 6.08 Å². The van der Waals surface area contributed by atoms with E-state index in [-0.39, 0.29) is 19.7 Å². The van der Waals surface area contributed by atoms with E-state index in [1.807, 2.05) is 0 Å². The number of aliphatic hydroxyl groups is 1. The van der Waals surface area contributed by atoms with Gasteiger partial charge in [-0.05, 0) is 0 Å². The number of carbonyl (C=O) groups is 1. The van der Waals surface area contributed by atoms with E-state index in [1.54, 1.807) is 0 Å². The molecule has 0 aromatic heterocycles. The first-order valence-electron chi connectivity index (χ1n) is 5.16. The first kappa shape index (κ1) is 14.2. The van der Waals surface area contributed by atoms with Crippen molar-refractivity contribution in [2.24, 2.45) is 0 Å². The lowest BCUT2D eigenvalue weighted by Crippen LogP contribution is -2.35. The van der Waals surface area contributed by atoms with Gasteiger partial charge in [-0.2, -0.15) is 0 Å². The fourth-order valence-electron chi connectivity index (χ4n) is 1.46. The molecule has 3 nitrogen and oxygen atoms in total. The van der Waals surface area contributed by atoms with Crippen molar-refractivity contribution in [2.75, 3.05) is 19.7 Å². The highest BCUT2D eigenvalue weighted by Gasteiger charge is 2.23. The smallest absolute Gasteiger partial charge is 0.260 e. The minimum Gasteiger partial charge on any atom is -0.395 e. The number of nitrogens with zero attached hydrogens (tertiary/aromatic N) is 1. The number of carbonyl (C=O) groups excluding carboxylic acids is 1. The molecule has 98 valence electrons. The van der Waals surface area contributed by atoms with Gasteiger partial charge in [0.2, 0.25) is 0 Å². The second-order valence-electron chi connectivity index (χ2n) is 3.51. The molecule has 1 rings (SSSR count). The molecule has 0 aliphatic rings. The third-order valence-corrected chi connectivity index (χ3v) is 2.23. The highest BCUT2D eigenvalue weighted by atomic mass is 19.1. The zero-order valence-corrected chi connectivity index (χ0v) is 9.50. The van der Waals surface area contributed by atoms with Crippen LogP contribution >= 0.6 is 0 Å². The van der Waals surface area contributed by atoms with Crippen LogP contribution in [0.5, 0.6) is 0 Å². The summed E-state index contributed by atoms with van der Waals surface area (Å²) in [6.45, 7) is 2.96. The zero-order valence-electron chi connectivity index (χ0n) is 9.50. The first-order valence-corrected chi connectivity index (χ1v) is 5.16. The molecule has 0 atom stereocenters. The van der Waals surface area contributed by atoms with E-state index in [9.17, 15) is 18.0 Å². The standard InChI is InChI=1S/C12H12F3NO2/c1-2-3-16(4-5-17)12(18)11-9(14)6-8(13)7-10(11)15/h2,6-7,17H,1,3-5H2. The van der Waals surface area contributed by atoms with Crippen molar-refractivity contribution in [3.8, 4) is 0 Å². The van der Waals surface area contributed by atoms with Gasteiger partial charge >= 0.3 is 0 Å². The highest BCUT2D eigenvalue weighted by Crippen LogP contribution is 2.16. The van der Waals surface area contributed by atoms with Crippen molar-refractivity contribution in [2.45, 2.75) is 0 Å². The maximum Gasteiger partial charge on any atom is 0.260 e. The topological polar surface area (TPSA) is 40.5 Å². The SMILES string of the molecule is C=CCN(CCO)C(=O)c1c(F)cc(F)cc1F. The summed E-state index contributed by atoms with van der Waals surface area (Å²) in [4.78, 5) is 12.8. The number of hydrogen-bond acceptors (Lipinski definition) is 2. The van der Waals surface area contributed by atoms with Gasteiger partial charge in [-0.25, -0.2) is 13.2 Å². The summed E-state index contributed by atoms with van der Waals surface area (Å²) in [6, 6.07) is 0.864. The van der Waals surface area contributed by atoms with E-state index >= 15 is 0 Å². The minimum absolute atomic E-state index is 0.0235. The molecule has 0 bridgehead atoms. The van der Waals surface area contributed by atoms with Crippen molar-refractivity contribution in [1.29, 1.82) is 0 Å². The third kappa shape index (κ3) is 3.10. The minimum atomic E-state index is -1.27. The van der Waals surface area contributed by atoms with Crippen molar-refractivity contribution in [1.82, 2.24) is 4.90 Å². The van der Waals surface area contributed by atoms with Crippen LogP contribution in [0.4, 0.5) is 13.2 Å². The predicted molar refractivity (Wildman–Crippen MR) is 59.5 cm³/mol. The Balaban J connectivity index is 3.12. The van der Waals surface area contributed by atoms with Gasteiger partial charge in [0.15, 0.2) is 0 Å². The lowest BCUT2D eigenvalue weighted by molar-refractivity contribution is 0.0733. The van der Waals surface area contributed by atoms with Gasteiger partial charge in [0.1, 0.15) is 23.0 Å². The molecule has 1 amide bonds. The molecule has 6 heteroatoms. The molecule has 0 aliphatic heterocycles. The molecule has 0 fully saturated rings. The average molecular weight is 259 g/mol. The molecule has 0 heterocycles. The largest absolute Gasteiger partial charge is 0.395 e. The van der Waals surface area contributed by atoms with Crippen LogP contribution in [0.25, 0.3) is 0 Å². The van der Waals surface area contributed by atoms with Gasteiger partial charge < -0.3 is 10.0 Å². The fraction of sp³-hybridized carbons (Fsp3) is 0.250. The summed E-state index contributed by atoms with van der Waals surface area (Å²) < 4.78 is 39.5. The Morgan fingerprint density at radius 1 is 1.33 bits per heavy atom. The first-order chi connectivity index (χ1) is 8.51. The molecule has 18 heavy (non-hydrogen) atoms. The lowest BCUT2D eigenvalue weighted by atomic mass is 10.1. The van der Waals surface area contributed by atoms with Gasteiger partial charge in [-0.3, -0.25) is 4.79 Å². The second-order valence-corrected chi connectivity index (χ2v) is 3.51. The highest BCUT2D eigenvalue weighted by molar-refractivity contribution is 5.94. The van der Waals surface area contributed by atoms with Gasteiger partial charge in [0.25, 0.3) is 5.91 Å². The molecule has 0 saturated heterocycles. The lowest BCUT2D eigenvalue weighted by Gasteiger charge is -2.20. The van der Waals surface area contributed by atoms with E-state index < -0.39 is 28.9 Å². The Morgan fingerprint density at radius 3 is 2.33 bits per heavy atom. The van der Waals surface area contributed by atoms with Gasteiger partial charge in [0.05, 0.1) is 6.61 Å². The van der Waals surface area contributed by atoms with E-state index in [4.69, 9.17) is 5.11 Å². The van der Waals surface area contributed by atoms with Gasteiger partial charge in [0, 0.05) is 25.2 Å².